The SMILES string of the molecule is COc1cncc(CN(CCc2ccc(NC(=O)c3cc(OC)c(OC)cc3NC(=O)c3ccc4ccccc4n3)cc2)Cc2ccc3c(cnn3C)c2)c1. The minimum atomic E-state index is -0.467. The Morgan fingerprint density at radius 2 is 1.47 bits per heavy atom. The summed E-state index contributed by atoms with van der Waals surface area (Å²) in [5, 5.41) is 12.2. The van der Waals surface area contributed by atoms with Crippen LogP contribution in [0.25, 0.3) is 21.8 Å². The molecule has 0 atom stereocenters. The van der Waals surface area contributed by atoms with Gasteiger partial charge in [-0.1, -0.05) is 42.5 Å². The first-order chi connectivity index (χ1) is 26.8. The third-order valence-electron chi connectivity index (χ3n) is 9.40. The molecule has 0 aliphatic carbocycles. The Kier molecular flexibility index (Phi) is 11.0. The highest BCUT2D eigenvalue weighted by molar-refractivity contribution is 6.13. The van der Waals surface area contributed by atoms with Crippen molar-refractivity contribution < 1.29 is 23.8 Å². The summed E-state index contributed by atoms with van der Waals surface area (Å²) >= 11 is 0. The van der Waals surface area contributed by atoms with Crippen LogP contribution in [0.1, 0.15) is 37.5 Å². The molecule has 7 rings (SSSR count). The quantitative estimate of drug-likeness (QED) is 0.118. The molecule has 2 N–H and O–H groups in total. The van der Waals surface area contributed by atoms with Crippen LogP contribution in [0, 0.1) is 0 Å². The number of aryl methyl sites for hydroxylation is 1. The van der Waals surface area contributed by atoms with Crippen molar-refractivity contribution in [3.63, 3.8) is 0 Å². The van der Waals surface area contributed by atoms with Crippen LogP contribution in [0.5, 0.6) is 17.2 Å². The number of hydrogen-bond acceptors (Lipinski definition) is 9. The maximum absolute atomic E-state index is 13.8. The minimum absolute atomic E-state index is 0.197. The highest BCUT2D eigenvalue weighted by Gasteiger charge is 2.20. The second-order valence-corrected chi connectivity index (χ2v) is 13.1. The summed E-state index contributed by atoms with van der Waals surface area (Å²) in [5.41, 5.74) is 6.39. The second-order valence-electron chi connectivity index (χ2n) is 13.1. The molecule has 0 saturated heterocycles. The lowest BCUT2D eigenvalue weighted by Gasteiger charge is -2.23. The maximum atomic E-state index is 13.8. The molecule has 0 bridgehead atoms. The summed E-state index contributed by atoms with van der Waals surface area (Å²) in [4.78, 5) is 38.4. The summed E-state index contributed by atoms with van der Waals surface area (Å²) in [6.45, 7) is 2.19. The molecule has 55 heavy (non-hydrogen) atoms. The van der Waals surface area contributed by atoms with Crippen molar-refractivity contribution in [3.05, 3.63) is 144 Å². The van der Waals surface area contributed by atoms with E-state index in [2.05, 4.69) is 48.8 Å². The molecule has 0 spiro atoms. The molecule has 7 aromatic rings. The van der Waals surface area contributed by atoms with Gasteiger partial charge in [0.15, 0.2) is 11.5 Å². The number of para-hydroxylation sites is 1. The molecular weight excluding hydrogens is 695 g/mol. The number of methoxy groups -OCH3 is 3. The van der Waals surface area contributed by atoms with Crippen LogP contribution in [-0.2, 0) is 26.6 Å². The zero-order valence-electron chi connectivity index (χ0n) is 31.1. The first-order valence-electron chi connectivity index (χ1n) is 17.7. The van der Waals surface area contributed by atoms with E-state index in [0.29, 0.717) is 29.2 Å². The highest BCUT2D eigenvalue weighted by atomic mass is 16.5. The van der Waals surface area contributed by atoms with Gasteiger partial charge >= 0.3 is 0 Å². The zero-order chi connectivity index (χ0) is 38.3. The average molecular weight is 736 g/mol. The number of anilines is 2. The van der Waals surface area contributed by atoms with Crippen LogP contribution in [0.15, 0.2) is 116 Å². The Hall–Kier alpha value is -6.79. The molecule has 4 aromatic carbocycles. The first kappa shape index (κ1) is 36.6. The van der Waals surface area contributed by atoms with Gasteiger partial charge in [0.1, 0.15) is 11.4 Å². The van der Waals surface area contributed by atoms with Crippen LogP contribution >= 0.6 is 0 Å². The molecule has 0 saturated carbocycles. The second kappa shape index (κ2) is 16.5. The van der Waals surface area contributed by atoms with Gasteiger partial charge in [-0.2, -0.15) is 5.10 Å². The van der Waals surface area contributed by atoms with E-state index in [0.717, 1.165) is 52.7 Å². The van der Waals surface area contributed by atoms with Crippen LogP contribution < -0.4 is 24.8 Å². The molecule has 0 aliphatic rings. The number of pyridine rings is 2. The van der Waals surface area contributed by atoms with E-state index in [1.165, 1.54) is 19.8 Å². The number of nitrogens with one attached hydrogen (secondary N) is 2. The number of hydrogen-bond donors (Lipinski definition) is 2. The van der Waals surface area contributed by atoms with E-state index in [-0.39, 0.29) is 16.9 Å². The number of amides is 2. The monoisotopic (exact) mass is 735 g/mol. The lowest BCUT2D eigenvalue weighted by molar-refractivity contribution is 0.102. The summed E-state index contributed by atoms with van der Waals surface area (Å²) in [6, 6.07) is 30.3. The Labute approximate surface area is 318 Å². The predicted octanol–water partition coefficient (Wildman–Crippen LogP) is 7.29. The van der Waals surface area contributed by atoms with E-state index < -0.39 is 11.8 Å². The third kappa shape index (κ3) is 8.55. The molecular formula is C43H41N7O5. The highest BCUT2D eigenvalue weighted by Crippen LogP contribution is 2.34. The Morgan fingerprint density at radius 1 is 0.709 bits per heavy atom. The van der Waals surface area contributed by atoms with Crippen molar-refractivity contribution in [3.8, 4) is 17.2 Å². The first-order valence-corrected chi connectivity index (χ1v) is 17.7. The van der Waals surface area contributed by atoms with Gasteiger partial charge in [-0.25, -0.2) is 4.98 Å². The molecule has 3 aromatic heterocycles. The topological polar surface area (TPSA) is 133 Å². The fraction of sp³-hybridized carbons (Fsp3) is 0.186. The molecule has 3 heterocycles. The largest absolute Gasteiger partial charge is 0.495 e. The van der Waals surface area contributed by atoms with E-state index >= 15 is 0 Å². The standard InChI is InChI=1S/C43H41N7O5/c1-49-39-16-11-29(19-32(39)24-45-49)26-50(27-30-20-34(53-2)25-44-23-30)18-17-28-9-13-33(14-10-28)46-42(51)35-21-40(54-3)41(55-4)22-38(35)48-43(52)37-15-12-31-7-5-6-8-36(31)47-37/h5-16,19-25H,17-18,26-27H2,1-4H3,(H,46,51)(H,48,52). The molecule has 0 unspecified atom stereocenters. The van der Waals surface area contributed by atoms with E-state index in [1.807, 2.05) is 84.8 Å². The summed E-state index contributed by atoms with van der Waals surface area (Å²) < 4.78 is 18.3. The van der Waals surface area contributed by atoms with Gasteiger partial charge in [-0.3, -0.25) is 24.2 Å². The lowest BCUT2D eigenvalue weighted by atomic mass is 10.1. The van der Waals surface area contributed by atoms with Crippen LogP contribution in [0.3, 0.4) is 0 Å². The van der Waals surface area contributed by atoms with Crippen LogP contribution in [0.4, 0.5) is 11.4 Å². The van der Waals surface area contributed by atoms with Gasteiger partial charge in [0.25, 0.3) is 11.8 Å². The van der Waals surface area contributed by atoms with Crippen molar-refractivity contribution in [1.82, 2.24) is 24.6 Å². The number of rotatable bonds is 14. The maximum Gasteiger partial charge on any atom is 0.274 e. The summed E-state index contributed by atoms with van der Waals surface area (Å²) in [5.74, 6) is 0.528. The Morgan fingerprint density at radius 3 is 2.27 bits per heavy atom. The number of carbonyl (C=O) groups is 2. The smallest absolute Gasteiger partial charge is 0.274 e. The lowest BCUT2D eigenvalue weighted by Crippen LogP contribution is -2.25. The van der Waals surface area contributed by atoms with Gasteiger partial charge in [0.05, 0.1) is 56.0 Å². The van der Waals surface area contributed by atoms with Crippen molar-refractivity contribution in [2.24, 2.45) is 7.05 Å². The van der Waals surface area contributed by atoms with Crippen LogP contribution in [-0.4, -0.2) is 64.3 Å². The number of benzene rings is 4. The average Bonchev–Trinajstić information content (AvgIpc) is 3.59. The van der Waals surface area contributed by atoms with Crippen LogP contribution in [0.2, 0.25) is 0 Å². The number of fused-ring (bicyclic) bond motifs is 2. The Balaban J connectivity index is 1.05. The molecule has 12 nitrogen and oxygen atoms in total. The number of ether oxygens (including phenoxy) is 3. The molecule has 0 fully saturated rings. The molecule has 12 heteroatoms. The molecule has 2 amide bonds. The number of nitrogens with zero attached hydrogens (tertiary/aromatic N) is 5. The normalized spacial score (nSPS) is 11.1. The van der Waals surface area contributed by atoms with Gasteiger partial charge in [-0.05, 0) is 71.6 Å². The van der Waals surface area contributed by atoms with Crippen molar-refractivity contribution in [1.29, 1.82) is 0 Å². The third-order valence-corrected chi connectivity index (χ3v) is 9.40. The predicted molar refractivity (Wildman–Crippen MR) is 213 cm³/mol. The fourth-order valence-electron chi connectivity index (χ4n) is 6.49. The zero-order valence-corrected chi connectivity index (χ0v) is 31.1. The summed E-state index contributed by atoms with van der Waals surface area (Å²) in [6.07, 6.45) is 6.24. The number of aromatic nitrogens is 4. The minimum Gasteiger partial charge on any atom is -0.495 e. The van der Waals surface area contributed by atoms with E-state index in [9.17, 15) is 9.59 Å². The van der Waals surface area contributed by atoms with Crippen molar-refractivity contribution >= 4 is 45.0 Å². The van der Waals surface area contributed by atoms with Gasteiger partial charge in [0, 0.05) is 55.4 Å². The van der Waals surface area contributed by atoms with Gasteiger partial charge in [-0.15, -0.1) is 0 Å². The van der Waals surface area contributed by atoms with E-state index in [1.54, 1.807) is 31.5 Å². The molecule has 278 valence electrons. The number of carbonyl (C=O) groups excluding carboxylic acids is 2. The van der Waals surface area contributed by atoms with Crippen molar-refractivity contribution in [2.75, 3.05) is 38.5 Å². The van der Waals surface area contributed by atoms with Gasteiger partial charge < -0.3 is 24.8 Å². The molecule has 0 aliphatic heterocycles. The van der Waals surface area contributed by atoms with E-state index in [4.69, 9.17) is 14.2 Å². The Bertz CT molecular complexity index is 2480. The summed E-state index contributed by atoms with van der Waals surface area (Å²) in [7, 11) is 6.57. The van der Waals surface area contributed by atoms with Crippen molar-refractivity contribution in [2.45, 2.75) is 19.5 Å². The van der Waals surface area contributed by atoms with Gasteiger partial charge in [0.2, 0.25) is 0 Å². The fourth-order valence-corrected chi connectivity index (χ4v) is 6.49. The molecule has 0 radical (unpaired) electrons.